The number of rotatable bonds is 6. The normalized spacial score (nSPS) is 17.2. The first kappa shape index (κ1) is 12.8. The molecule has 0 fully saturated rings. The predicted octanol–water partition coefficient (Wildman–Crippen LogP) is 2.75. The number of allylic oxidation sites excluding steroid dienone is 1. The van der Waals surface area contributed by atoms with Gasteiger partial charge in [0.2, 0.25) is 15.3 Å². The third-order valence-electron chi connectivity index (χ3n) is 0.784. The van der Waals surface area contributed by atoms with Gasteiger partial charge < -0.3 is 0 Å². The molecule has 0 aromatic carbocycles. The van der Waals surface area contributed by atoms with Gasteiger partial charge in [0.05, 0.1) is 6.16 Å². The lowest BCUT2D eigenvalue weighted by atomic mass is 10.8. The van der Waals surface area contributed by atoms with Gasteiger partial charge in [-0.25, -0.2) is 8.62 Å². The molecule has 0 heterocycles. The van der Waals surface area contributed by atoms with Crippen LogP contribution < -0.4 is 0 Å². The van der Waals surface area contributed by atoms with Crippen LogP contribution in [-0.2, 0) is 22.3 Å². The van der Waals surface area contributed by atoms with E-state index in [1.165, 1.54) is 6.08 Å². The molecule has 0 aliphatic heterocycles. The minimum atomic E-state index is -3.64. The molecule has 2 atom stereocenters. The van der Waals surface area contributed by atoms with Gasteiger partial charge in [0.25, 0.3) is 0 Å². The van der Waals surface area contributed by atoms with Crippen molar-refractivity contribution in [2.24, 2.45) is 0 Å². The minimum absolute atomic E-state index is 0.180. The smallest absolute Gasteiger partial charge is 0.258 e. The molecule has 0 saturated heterocycles. The second-order valence-corrected chi connectivity index (χ2v) is 6.14. The first-order chi connectivity index (χ1) is 5.89. The van der Waals surface area contributed by atoms with Crippen molar-refractivity contribution >= 4 is 35.5 Å². The van der Waals surface area contributed by atoms with Gasteiger partial charge >= 0.3 is 7.60 Å². The Morgan fingerprint density at radius 2 is 1.62 bits per heavy atom. The molecule has 0 saturated carbocycles. The molecule has 74 valence electrons. The third kappa shape index (κ3) is 5.98. The maximum atomic E-state index is 11.5. The van der Waals surface area contributed by atoms with E-state index in [9.17, 15) is 13.7 Å². The first-order valence-corrected chi connectivity index (χ1v) is 7.50. The quantitative estimate of drug-likeness (QED) is 0.529. The summed E-state index contributed by atoms with van der Waals surface area (Å²) in [6.45, 7) is 3.30. The highest BCUT2D eigenvalue weighted by Crippen LogP contribution is 2.56. The lowest BCUT2D eigenvalue weighted by molar-refractivity contribution is 0.405. The average molecular weight is 242 g/mol. The SMILES string of the molecule is C=CCP(=O)(OP(=C)=O)OP(=C)=O. The molecule has 0 aromatic heterocycles. The molecule has 8 heteroatoms. The van der Waals surface area contributed by atoms with Crippen molar-refractivity contribution in [1.29, 1.82) is 0 Å². The van der Waals surface area contributed by atoms with Gasteiger partial charge in [0.15, 0.2) is 0 Å². The van der Waals surface area contributed by atoms with E-state index in [4.69, 9.17) is 0 Å². The largest absolute Gasteiger partial charge is 0.354 e. The zero-order valence-electron chi connectivity index (χ0n) is 6.79. The fourth-order valence-corrected chi connectivity index (χ4v) is 3.97. The molecule has 0 radical (unpaired) electrons. The fraction of sp³-hybridized carbons (Fsp3) is 0.200. The maximum absolute atomic E-state index is 11.5. The van der Waals surface area contributed by atoms with Crippen LogP contribution in [0.5, 0.6) is 0 Å². The van der Waals surface area contributed by atoms with E-state index in [-0.39, 0.29) is 6.16 Å². The molecular weight excluding hydrogens is 233 g/mol. The van der Waals surface area contributed by atoms with Crippen LogP contribution in [0.15, 0.2) is 12.7 Å². The van der Waals surface area contributed by atoms with Crippen LogP contribution in [0.4, 0.5) is 0 Å². The van der Waals surface area contributed by atoms with E-state index in [0.29, 0.717) is 0 Å². The zero-order valence-corrected chi connectivity index (χ0v) is 9.47. The second kappa shape index (κ2) is 5.54. The molecule has 0 amide bonds. The monoisotopic (exact) mass is 242 g/mol. The molecule has 0 aromatic rings. The summed E-state index contributed by atoms with van der Waals surface area (Å²) < 4.78 is 41.4. The lowest BCUT2D eigenvalue weighted by Crippen LogP contribution is -1.86. The first-order valence-electron chi connectivity index (χ1n) is 3.04. The molecule has 0 N–H and O–H groups in total. The lowest BCUT2D eigenvalue weighted by Gasteiger charge is -2.08. The van der Waals surface area contributed by atoms with E-state index >= 15 is 0 Å². The third-order valence-corrected chi connectivity index (χ3v) is 4.94. The van der Waals surface area contributed by atoms with Gasteiger partial charge in [-0.3, -0.25) is 13.7 Å². The highest BCUT2D eigenvalue weighted by Gasteiger charge is 2.24. The molecule has 0 rings (SSSR count). The molecule has 0 aliphatic carbocycles. The molecule has 2 unspecified atom stereocenters. The van der Waals surface area contributed by atoms with Gasteiger partial charge in [-0.1, -0.05) is 6.08 Å². The van der Waals surface area contributed by atoms with Crippen molar-refractivity contribution in [2.45, 2.75) is 0 Å². The summed E-state index contributed by atoms with van der Waals surface area (Å²) in [5.74, 6) is 0. The molecule has 0 spiro atoms. The topological polar surface area (TPSA) is 69.7 Å². The Bertz CT molecular complexity index is 320. The summed E-state index contributed by atoms with van der Waals surface area (Å²) in [5.41, 5.74) is 0. The van der Waals surface area contributed by atoms with Gasteiger partial charge in [-0.05, 0) is 12.6 Å². The summed E-state index contributed by atoms with van der Waals surface area (Å²) in [6.07, 6.45) is 7.06. The molecule has 0 aliphatic rings. The van der Waals surface area contributed by atoms with Crippen molar-refractivity contribution in [3.05, 3.63) is 12.7 Å². The molecular formula is C5H9O5P3. The highest BCUT2D eigenvalue weighted by atomic mass is 31.2. The number of hydrogen-bond donors (Lipinski definition) is 0. The van der Waals surface area contributed by atoms with E-state index in [1.54, 1.807) is 0 Å². The van der Waals surface area contributed by atoms with Crippen LogP contribution in [0.3, 0.4) is 0 Å². The van der Waals surface area contributed by atoms with Crippen LogP contribution >= 0.6 is 22.9 Å². The summed E-state index contributed by atoms with van der Waals surface area (Å²) in [7, 11) is -8.29. The Labute approximate surface area is 77.3 Å². The Balaban J connectivity index is 4.71. The summed E-state index contributed by atoms with van der Waals surface area (Å²) >= 11 is 0. The van der Waals surface area contributed by atoms with Gasteiger partial charge in [-0.2, -0.15) is 0 Å². The Morgan fingerprint density at radius 1 is 1.23 bits per heavy atom. The van der Waals surface area contributed by atoms with Crippen LogP contribution in [0.2, 0.25) is 0 Å². The standard InChI is InChI=1S/C5H9O5P3/c1-4-5-13(8,9-11(2)6)10-12(3)7/h4H,1-3,5H2. The van der Waals surface area contributed by atoms with Crippen molar-refractivity contribution < 1.29 is 22.3 Å². The molecule has 0 bridgehead atoms. The second-order valence-electron chi connectivity index (χ2n) is 1.91. The van der Waals surface area contributed by atoms with E-state index in [2.05, 4.69) is 27.8 Å². The number of hydrogen-bond acceptors (Lipinski definition) is 5. The van der Waals surface area contributed by atoms with Crippen molar-refractivity contribution in [3.63, 3.8) is 0 Å². The molecule has 13 heavy (non-hydrogen) atoms. The fourth-order valence-electron chi connectivity index (χ4n) is 0.517. The Hall–Kier alpha value is -0.170. The summed E-state index contributed by atoms with van der Waals surface area (Å²) in [5, 5.41) is 0. The van der Waals surface area contributed by atoms with Crippen LogP contribution in [0.25, 0.3) is 0 Å². The zero-order chi connectivity index (χ0) is 10.5. The van der Waals surface area contributed by atoms with Crippen molar-refractivity contribution in [2.75, 3.05) is 6.16 Å². The van der Waals surface area contributed by atoms with Crippen molar-refractivity contribution in [3.8, 4) is 0 Å². The van der Waals surface area contributed by atoms with Crippen molar-refractivity contribution in [1.82, 2.24) is 0 Å². The summed E-state index contributed by atoms with van der Waals surface area (Å²) in [4.78, 5) is 0. The Kier molecular flexibility index (Phi) is 5.46. The summed E-state index contributed by atoms with van der Waals surface area (Å²) in [6, 6.07) is 0. The van der Waals surface area contributed by atoms with Crippen LogP contribution in [0, 0.1) is 0 Å². The van der Waals surface area contributed by atoms with Gasteiger partial charge in [0, 0.05) is 0 Å². The molecule has 5 nitrogen and oxygen atoms in total. The van der Waals surface area contributed by atoms with E-state index in [1.807, 2.05) is 0 Å². The van der Waals surface area contributed by atoms with Gasteiger partial charge in [0.1, 0.15) is 0 Å². The maximum Gasteiger partial charge on any atom is 0.354 e. The van der Waals surface area contributed by atoms with Gasteiger partial charge in [-0.15, -0.1) is 6.58 Å². The highest BCUT2D eigenvalue weighted by molar-refractivity contribution is 7.66. The van der Waals surface area contributed by atoms with E-state index in [0.717, 1.165) is 0 Å². The minimum Gasteiger partial charge on any atom is -0.258 e. The predicted molar refractivity (Wildman–Crippen MR) is 54.3 cm³/mol. The Morgan fingerprint density at radius 3 is 1.85 bits per heavy atom. The van der Waals surface area contributed by atoms with E-state index < -0.39 is 22.9 Å². The van der Waals surface area contributed by atoms with Crippen LogP contribution in [-0.4, -0.2) is 18.8 Å². The average Bonchev–Trinajstić information content (AvgIpc) is 1.81. The van der Waals surface area contributed by atoms with Crippen LogP contribution in [0.1, 0.15) is 0 Å².